The normalized spacial score (nSPS) is 18.9. The number of pyridine rings is 1. The van der Waals surface area contributed by atoms with E-state index >= 15 is 0 Å². The molecule has 2 N–H and O–H groups in total. The molecule has 0 spiro atoms. The van der Waals surface area contributed by atoms with E-state index in [-0.39, 0.29) is 11.8 Å². The molecule has 0 amide bonds. The van der Waals surface area contributed by atoms with Crippen LogP contribution < -0.4 is 5.32 Å². The zero-order valence-electron chi connectivity index (χ0n) is 20.2. The third-order valence-electron chi connectivity index (χ3n) is 6.76. The number of aromatic nitrogens is 3. The lowest BCUT2D eigenvalue weighted by Crippen LogP contribution is -2.39. The zero-order chi connectivity index (χ0) is 24.0. The summed E-state index contributed by atoms with van der Waals surface area (Å²) in [6.45, 7) is 5.31. The quantitative estimate of drug-likeness (QED) is 0.424. The largest absolute Gasteiger partial charge is 0.469 e. The Morgan fingerprint density at radius 1 is 1.17 bits per heavy atom. The van der Waals surface area contributed by atoms with Gasteiger partial charge >= 0.3 is 0 Å². The molecule has 2 aliphatic heterocycles. The minimum absolute atomic E-state index is 0.108. The van der Waals surface area contributed by atoms with Crippen LogP contribution in [0, 0.1) is 6.92 Å². The van der Waals surface area contributed by atoms with Crippen molar-refractivity contribution in [3.8, 4) is 11.3 Å². The molecule has 1 saturated heterocycles. The summed E-state index contributed by atoms with van der Waals surface area (Å²) in [5, 5.41) is 4.04. The zero-order valence-corrected chi connectivity index (χ0v) is 20.2. The summed E-state index contributed by atoms with van der Waals surface area (Å²) in [5.74, 6) is 1.10. The molecule has 5 rings (SSSR count). The molecule has 35 heavy (non-hydrogen) atoms. The van der Waals surface area contributed by atoms with E-state index in [4.69, 9.17) is 14.5 Å². The van der Waals surface area contributed by atoms with E-state index in [1.807, 2.05) is 19.2 Å². The molecule has 3 aromatic rings. The van der Waals surface area contributed by atoms with Gasteiger partial charge in [0.1, 0.15) is 12.1 Å². The second kappa shape index (κ2) is 11.0. The van der Waals surface area contributed by atoms with E-state index < -0.39 is 6.23 Å². The highest BCUT2D eigenvalue weighted by atomic mass is 16.5. The molecule has 0 saturated carbocycles. The Balaban J connectivity index is 1.23. The number of Topliss-reactive ketones (excluding diaryl/α,β-unsaturated/α-hetero) is 1. The third kappa shape index (κ3) is 5.71. The maximum absolute atomic E-state index is 12.2. The number of ether oxygens (including phenoxy) is 2. The van der Waals surface area contributed by atoms with Gasteiger partial charge in [-0.25, -0.2) is 4.98 Å². The van der Waals surface area contributed by atoms with Crippen molar-refractivity contribution in [3.05, 3.63) is 60.5 Å². The van der Waals surface area contributed by atoms with Crippen molar-refractivity contribution < 1.29 is 14.3 Å². The summed E-state index contributed by atoms with van der Waals surface area (Å²) in [7, 11) is 0. The maximum atomic E-state index is 12.2. The van der Waals surface area contributed by atoms with Gasteiger partial charge in [0.25, 0.3) is 0 Å². The van der Waals surface area contributed by atoms with Crippen LogP contribution in [0.2, 0.25) is 0 Å². The molecule has 2 aliphatic rings. The number of benzene rings is 1. The van der Waals surface area contributed by atoms with E-state index in [9.17, 15) is 4.79 Å². The number of aryl methyl sites for hydroxylation is 1. The van der Waals surface area contributed by atoms with E-state index in [0.717, 1.165) is 85.7 Å². The molecular weight excluding hydrogens is 442 g/mol. The number of unbranched alkanes of at least 4 members (excludes halogenated alkanes) is 2. The van der Waals surface area contributed by atoms with Crippen LogP contribution in [0.3, 0.4) is 0 Å². The standard InChI is InChI=1S/C27H33N5O3/c1-19-7-8-20-17-21(9-10-22(20)30-19)23-18-29-26(31-23)24(32-12-15-34-16-13-32)5-3-2-4-6-25(33)27-28-11-14-35-27/h7-11,14,17-18,24,27-28H,2-6,12-13,15-16H2,1H3,(H,29,31)/t24-,27?/m0/s1. The van der Waals surface area contributed by atoms with Crippen molar-refractivity contribution in [3.63, 3.8) is 0 Å². The van der Waals surface area contributed by atoms with E-state index in [0.29, 0.717) is 6.42 Å². The van der Waals surface area contributed by atoms with Gasteiger partial charge in [-0.1, -0.05) is 25.0 Å². The molecule has 1 unspecified atom stereocenters. The fourth-order valence-electron chi connectivity index (χ4n) is 4.83. The Bertz CT molecular complexity index is 1180. The number of carbonyl (C=O) groups excluding carboxylic acids is 1. The average Bonchev–Trinajstić information content (AvgIpc) is 3.59. The Morgan fingerprint density at radius 3 is 2.89 bits per heavy atom. The summed E-state index contributed by atoms with van der Waals surface area (Å²) >= 11 is 0. The Labute approximate surface area is 205 Å². The molecule has 4 heterocycles. The van der Waals surface area contributed by atoms with Crippen molar-refractivity contribution in [2.24, 2.45) is 0 Å². The number of carbonyl (C=O) groups is 1. The Kier molecular flexibility index (Phi) is 7.39. The van der Waals surface area contributed by atoms with Crippen molar-refractivity contribution in [2.45, 2.75) is 51.3 Å². The Morgan fingerprint density at radius 2 is 2.06 bits per heavy atom. The number of hydrogen-bond acceptors (Lipinski definition) is 7. The molecule has 2 atom stereocenters. The molecule has 8 heteroatoms. The molecular formula is C27H33N5O3. The van der Waals surface area contributed by atoms with Gasteiger partial charge in [-0.15, -0.1) is 0 Å². The highest BCUT2D eigenvalue weighted by molar-refractivity contribution is 5.84. The summed E-state index contributed by atoms with van der Waals surface area (Å²) < 4.78 is 10.8. The van der Waals surface area contributed by atoms with Gasteiger partial charge in [-0.3, -0.25) is 14.7 Å². The van der Waals surface area contributed by atoms with Gasteiger partial charge in [-0.05, 0) is 38.0 Å². The number of ketones is 1. The van der Waals surface area contributed by atoms with Gasteiger partial charge in [0.15, 0.2) is 5.78 Å². The van der Waals surface area contributed by atoms with Crippen molar-refractivity contribution in [2.75, 3.05) is 26.3 Å². The van der Waals surface area contributed by atoms with Gasteiger partial charge in [-0.2, -0.15) is 0 Å². The van der Waals surface area contributed by atoms with Gasteiger partial charge in [0.05, 0.1) is 36.7 Å². The van der Waals surface area contributed by atoms with Crippen LogP contribution in [0.15, 0.2) is 49.0 Å². The third-order valence-corrected chi connectivity index (χ3v) is 6.76. The predicted octanol–water partition coefficient (Wildman–Crippen LogP) is 4.24. The Hall–Kier alpha value is -3.23. The molecule has 184 valence electrons. The van der Waals surface area contributed by atoms with Crippen LogP contribution in [-0.2, 0) is 14.3 Å². The summed E-state index contributed by atoms with van der Waals surface area (Å²) in [5.41, 5.74) is 4.15. The fourth-order valence-corrected chi connectivity index (χ4v) is 4.83. The second-order valence-corrected chi connectivity index (χ2v) is 9.26. The SMILES string of the molecule is Cc1ccc2cc(-c3cnc([C@H](CCCCCC(=O)C4NC=CO4)N4CCOCC4)[nH]3)ccc2n1. The van der Waals surface area contributed by atoms with Crippen LogP contribution in [-0.4, -0.2) is 58.2 Å². The number of nitrogens with one attached hydrogen (secondary N) is 2. The monoisotopic (exact) mass is 475 g/mol. The number of rotatable bonds is 10. The first-order valence-electron chi connectivity index (χ1n) is 12.5. The van der Waals surface area contributed by atoms with E-state index in [2.05, 4.69) is 44.5 Å². The minimum atomic E-state index is -0.507. The molecule has 0 bridgehead atoms. The number of imidazole rings is 1. The number of nitrogens with zero attached hydrogens (tertiary/aromatic N) is 3. The van der Waals surface area contributed by atoms with Gasteiger partial charge in [0, 0.05) is 42.4 Å². The molecule has 1 aromatic carbocycles. The van der Waals surface area contributed by atoms with Crippen LogP contribution in [0.4, 0.5) is 0 Å². The summed E-state index contributed by atoms with van der Waals surface area (Å²) in [4.78, 5) is 27.7. The first-order chi connectivity index (χ1) is 17.2. The maximum Gasteiger partial charge on any atom is 0.228 e. The first kappa shape index (κ1) is 23.5. The second-order valence-electron chi connectivity index (χ2n) is 9.26. The number of aromatic amines is 1. The van der Waals surface area contributed by atoms with E-state index in [1.54, 1.807) is 6.20 Å². The highest BCUT2D eigenvalue weighted by Crippen LogP contribution is 2.29. The molecule has 8 nitrogen and oxygen atoms in total. The molecule has 0 radical (unpaired) electrons. The number of fused-ring (bicyclic) bond motifs is 1. The van der Waals surface area contributed by atoms with Crippen LogP contribution in [0.25, 0.3) is 22.2 Å². The molecule has 2 aromatic heterocycles. The average molecular weight is 476 g/mol. The smallest absolute Gasteiger partial charge is 0.228 e. The minimum Gasteiger partial charge on any atom is -0.469 e. The number of morpholine rings is 1. The number of H-pyrrole nitrogens is 1. The summed E-state index contributed by atoms with van der Waals surface area (Å²) in [6.07, 6.45) is 9.04. The highest BCUT2D eigenvalue weighted by Gasteiger charge is 2.25. The van der Waals surface area contributed by atoms with Gasteiger partial charge in [0.2, 0.25) is 6.23 Å². The van der Waals surface area contributed by atoms with E-state index in [1.165, 1.54) is 6.26 Å². The lowest BCUT2D eigenvalue weighted by molar-refractivity contribution is -0.127. The lowest BCUT2D eigenvalue weighted by atomic mass is 10.0. The van der Waals surface area contributed by atoms with Gasteiger partial charge < -0.3 is 19.8 Å². The molecule has 0 aliphatic carbocycles. The van der Waals surface area contributed by atoms with Crippen molar-refractivity contribution in [1.82, 2.24) is 25.2 Å². The van der Waals surface area contributed by atoms with Crippen molar-refractivity contribution in [1.29, 1.82) is 0 Å². The topological polar surface area (TPSA) is 92.4 Å². The van der Waals surface area contributed by atoms with Crippen molar-refractivity contribution >= 4 is 16.7 Å². The van der Waals surface area contributed by atoms with Crippen LogP contribution in [0.1, 0.15) is 49.7 Å². The fraction of sp³-hybridized carbons (Fsp3) is 0.444. The van der Waals surface area contributed by atoms with Crippen LogP contribution in [0.5, 0.6) is 0 Å². The predicted molar refractivity (Wildman–Crippen MR) is 134 cm³/mol. The molecule has 1 fully saturated rings. The lowest BCUT2D eigenvalue weighted by Gasteiger charge is -2.33. The number of hydrogen-bond donors (Lipinski definition) is 2. The first-order valence-corrected chi connectivity index (χ1v) is 12.5. The summed E-state index contributed by atoms with van der Waals surface area (Å²) in [6, 6.07) is 10.7. The van der Waals surface area contributed by atoms with Crippen LogP contribution >= 0.6 is 0 Å².